The minimum absolute atomic E-state index is 0.0124. The predicted octanol–water partition coefficient (Wildman–Crippen LogP) is 2.22. The summed E-state index contributed by atoms with van der Waals surface area (Å²) in [7, 11) is -3.96. The maximum absolute atomic E-state index is 13.4. The highest BCUT2D eigenvalue weighted by Gasteiger charge is 2.30. The second kappa shape index (κ2) is 10.9. The van der Waals surface area contributed by atoms with Crippen LogP contribution in [0, 0.1) is 17.0 Å². The van der Waals surface area contributed by atoms with Gasteiger partial charge in [0.15, 0.2) is 0 Å². The smallest absolute Gasteiger partial charge is 0.271 e. The van der Waals surface area contributed by atoms with E-state index in [1.54, 1.807) is 13.8 Å². The number of nitrogens with one attached hydrogen (secondary N) is 1. The van der Waals surface area contributed by atoms with E-state index in [9.17, 15) is 28.1 Å². The van der Waals surface area contributed by atoms with Crippen LogP contribution in [0.3, 0.4) is 0 Å². The quantitative estimate of drug-likeness (QED) is 0.413. The number of nitro benzene ring substituents is 1. The Bertz CT molecular complexity index is 1140. The van der Waals surface area contributed by atoms with E-state index in [4.69, 9.17) is 0 Å². The highest BCUT2D eigenvalue weighted by atomic mass is 32.2. The molecule has 178 valence electrons. The molecule has 1 atom stereocenters. The Morgan fingerprint density at radius 3 is 2.39 bits per heavy atom. The molecule has 0 radical (unpaired) electrons. The monoisotopic (exact) mass is 476 g/mol. The lowest BCUT2D eigenvalue weighted by molar-refractivity contribution is -0.384. The van der Waals surface area contributed by atoms with E-state index < -0.39 is 33.4 Å². The van der Waals surface area contributed by atoms with E-state index in [2.05, 4.69) is 5.32 Å². The van der Waals surface area contributed by atoms with Gasteiger partial charge in [-0.15, -0.1) is 0 Å². The third-order valence-electron chi connectivity index (χ3n) is 5.13. The van der Waals surface area contributed by atoms with Crippen molar-refractivity contribution in [2.75, 3.05) is 23.7 Å². The number of carbonyl (C=O) groups excluding carboxylic acids is 2. The van der Waals surface area contributed by atoms with Gasteiger partial charge in [-0.25, -0.2) is 8.42 Å². The third kappa shape index (κ3) is 6.75. The second-order valence-electron chi connectivity index (χ2n) is 7.57. The van der Waals surface area contributed by atoms with Crippen LogP contribution in [0.2, 0.25) is 0 Å². The van der Waals surface area contributed by atoms with Gasteiger partial charge in [-0.3, -0.25) is 24.0 Å². The summed E-state index contributed by atoms with van der Waals surface area (Å²) < 4.78 is 25.8. The van der Waals surface area contributed by atoms with Crippen molar-refractivity contribution in [2.24, 2.45) is 0 Å². The van der Waals surface area contributed by atoms with E-state index >= 15 is 0 Å². The lowest BCUT2D eigenvalue weighted by atomic mass is 10.1. The van der Waals surface area contributed by atoms with Crippen LogP contribution in [0.5, 0.6) is 0 Å². The highest BCUT2D eigenvalue weighted by molar-refractivity contribution is 7.92. The molecule has 0 saturated carbocycles. The van der Waals surface area contributed by atoms with Crippen molar-refractivity contribution in [3.8, 4) is 0 Å². The molecule has 0 heterocycles. The Hall–Kier alpha value is -3.47. The van der Waals surface area contributed by atoms with E-state index in [1.807, 2.05) is 31.2 Å². The summed E-state index contributed by atoms with van der Waals surface area (Å²) in [5.74, 6) is -0.991. The average molecular weight is 477 g/mol. The highest BCUT2D eigenvalue weighted by Crippen LogP contribution is 2.24. The van der Waals surface area contributed by atoms with E-state index in [-0.39, 0.29) is 23.8 Å². The Morgan fingerprint density at radius 1 is 1.15 bits per heavy atom. The van der Waals surface area contributed by atoms with E-state index in [0.717, 1.165) is 27.8 Å². The van der Waals surface area contributed by atoms with Crippen molar-refractivity contribution < 1.29 is 22.9 Å². The van der Waals surface area contributed by atoms with Crippen molar-refractivity contribution in [3.63, 3.8) is 0 Å². The van der Waals surface area contributed by atoms with Crippen LogP contribution in [-0.4, -0.2) is 55.4 Å². The maximum atomic E-state index is 13.4. The van der Waals surface area contributed by atoms with Crippen molar-refractivity contribution in [3.05, 3.63) is 69.8 Å². The fraction of sp³-hybridized carbons (Fsp3) is 0.364. The fourth-order valence-corrected chi connectivity index (χ4v) is 4.09. The second-order valence-corrected chi connectivity index (χ2v) is 9.47. The standard InChI is InChI=1S/C22H28N4O6S/c1-5-23-22(28)17(3)24(14-18-10-7-6-9-16(18)2)21(27)15-25(33(4,31)32)19-11-8-12-20(13-19)26(29)30/h6-13,17H,5,14-15H2,1-4H3,(H,23,28)/t17-/m1/s1. The number of likely N-dealkylation sites (N-methyl/N-ethyl adjacent to an activating group) is 1. The summed E-state index contributed by atoms with van der Waals surface area (Å²) >= 11 is 0. The van der Waals surface area contributed by atoms with Gasteiger partial charge in [0.2, 0.25) is 21.8 Å². The molecule has 11 heteroatoms. The molecule has 2 amide bonds. The van der Waals surface area contributed by atoms with Crippen molar-refractivity contribution >= 4 is 33.2 Å². The molecule has 0 fully saturated rings. The lowest BCUT2D eigenvalue weighted by Crippen LogP contribution is -2.51. The first-order valence-corrected chi connectivity index (χ1v) is 12.1. The van der Waals surface area contributed by atoms with Gasteiger partial charge in [0, 0.05) is 25.2 Å². The Morgan fingerprint density at radius 2 is 1.82 bits per heavy atom. The molecule has 0 aliphatic rings. The van der Waals surface area contributed by atoms with Gasteiger partial charge in [-0.2, -0.15) is 0 Å². The van der Waals surface area contributed by atoms with Gasteiger partial charge in [-0.05, 0) is 38.0 Å². The van der Waals surface area contributed by atoms with Gasteiger partial charge >= 0.3 is 0 Å². The zero-order valence-corrected chi connectivity index (χ0v) is 19.8. The van der Waals surface area contributed by atoms with Crippen molar-refractivity contribution in [1.82, 2.24) is 10.2 Å². The molecule has 0 unspecified atom stereocenters. The number of benzene rings is 2. The van der Waals surface area contributed by atoms with Gasteiger partial charge in [0.1, 0.15) is 12.6 Å². The Labute approximate surface area is 193 Å². The van der Waals surface area contributed by atoms with Crippen LogP contribution in [0.25, 0.3) is 0 Å². The van der Waals surface area contributed by atoms with Crippen LogP contribution in [0.1, 0.15) is 25.0 Å². The molecule has 2 aromatic rings. The van der Waals surface area contributed by atoms with Crippen molar-refractivity contribution in [2.45, 2.75) is 33.4 Å². The van der Waals surface area contributed by atoms with Gasteiger partial charge in [0.05, 0.1) is 16.9 Å². The molecule has 0 saturated heterocycles. The number of carbonyl (C=O) groups is 2. The number of hydrogen-bond acceptors (Lipinski definition) is 6. The number of nitrogens with zero attached hydrogens (tertiary/aromatic N) is 3. The molecule has 2 aromatic carbocycles. The first-order chi connectivity index (χ1) is 15.5. The fourth-order valence-electron chi connectivity index (χ4n) is 3.25. The molecule has 0 spiro atoms. The van der Waals surface area contributed by atoms with Crippen LogP contribution < -0.4 is 9.62 Å². The lowest BCUT2D eigenvalue weighted by Gasteiger charge is -2.31. The maximum Gasteiger partial charge on any atom is 0.271 e. The normalized spacial score (nSPS) is 12.0. The number of aryl methyl sites for hydroxylation is 1. The molecular formula is C22H28N4O6S. The van der Waals surface area contributed by atoms with Crippen LogP contribution in [-0.2, 0) is 26.2 Å². The molecular weight excluding hydrogens is 448 g/mol. The summed E-state index contributed by atoms with van der Waals surface area (Å²) in [4.78, 5) is 37.7. The van der Waals surface area contributed by atoms with Crippen molar-refractivity contribution in [1.29, 1.82) is 0 Å². The third-order valence-corrected chi connectivity index (χ3v) is 6.27. The zero-order chi connectivity index (χ0) is 24.8. The summed E-state index contributed by atoms with van der Waals surface area (Å²) in [6, 6.07) is 11.5. The average Bonchev–Trinajstić information content (AvgIpc) is 2.75. The molecule has 0 bridgehead atoms. The van der Waals surface area contributed by atoms with Crippen LogP contribution >= 0.6 is 0 Å². The Balaban J connectivity index is 2.44. The molecule has 2 rings (SSSR count). The van der Waals surface area contributed by atoms with Crippen LogP contribution in [0.15, 0.2) is 48.5 Å². The number of hydrogen-bond donors (Lipinski definition) is 1. The zero-order valence-electron chi connectivity index (χ0n) is 19.0. The van der Waals surface area contributed by atoms with Crippen LogP contribution in [0.4, 0.5) is 11.4 Å². The van der Waals surface area contributed by atoms with Gasteiger partial charge < -0.3 is 10.2 Å². The van der Waals surface area contributed by atoms with Gasteiger partial charge in [-0.1, -0.05) is 30.3 Å². The number of nitro groups is 1. The largest absolute Gasteiger partial charge is 0.355 e. The number of rotatable bonds is 10. The van der Waals surface area contributed by atoms with E-state index in [1.165, 1.54) is 23.1 Å². The topological polar surface area (TPSA) is 130 Å². The number of amides is 2. The minimum Gasteiger partial charge on any atom is -0.355 e. The summed E-state index contributed by atoms with van der Waals surface area (Å²) in [5.41, 5.74) is 1.41. The summed E-state index contributed by atoms with van der Waals surface area (Å²) in [6.45, 7) is 5.05. The molecule has 1 N–H and O–H groups in total. The van der Waals surface area contributed by atoms with Gasteiger partial charge in [0.25, 0.3) is 5.69 Å². The Kier molecular flexibility index (Phi) is 8.52. The number of anilines is 1. The molecule has 0 aliphatic carbocycles. The minimum atomic E-state index is -3.96. The molecule has 0 aromatic heterocycles. The SMILES string of the molecule is CCNC(=O)[C@@H](C)N(Cc1ccccc1C)C(=O)CN(c1cccc([N+](=O)[O-])c1)S(C)(=O)=O. The number of non-ortho nitro benzene ring substituents is 1. The van der Waals surface area contributed by atoms with E-state index in [0.29, 0.717) is 6.54 Å². The summed E-state index contributed by atoms with van der Waals surface area (Å²) in [5, 5.41) is 13.8. The first-order valence-electron chi connectivity index (χ1n) is 10.3. The molecule has 0 aliphatic heterocycles. The first kappa shape index (κ1) is 25.8. The molecule has 10 nitrogen and oxygen atoms in total. The summed E-state index contributed by atoms with van der Waals surface area (Å²) in [6.07, 6.45) is 0.915. The molecule has 33 heavy (non-hydrogen) atoms. The predicted molar refractivity (Wildman–Crippen MR) is 125 cm³/mol. The number of sulfonamides is 1.